The van der Waals surface area contributed by atoms with Gasteiger partial charge in [0.2, 0.25) is 0 Å². The third-order valence-electron chi connectivity index (χ3n) is 9.10. The third-order valence-corrected chi connectivity index (χ3v) is 9.10. The van der Waals surface area contributed by atoms with Gasteiger partial charge in [-0.05, 0) is 97.0 Å². The molecule has 0 nitrogen and oxygen atoms in total. The molecule has 0 radical (unpaired) electrons. The van der Waals surface area contributed by atoms with E-state index in [2.05, 4.69) is 53.7 Å². The van der Waals surface area contributed by atoms with Gasteiger partial charge < -0.3 is 29.7 Å². The molecule has 3 fully saturated rings. The van der Waals surface area contributed by atoms with E-state index < -0.39 is 0 Å². The second-order valence-electron chi connectivity index (χ2n) is 10.3. The molecule has 0 bridgehead atoms. The van der Waals surface area contributed by atoms with Crippen molar-refractivity contribution < 1.29 is 25.8 Å². The van der Waals surface area contributed by atoms with Crippen LogP contribution in [-0.2, 0) is 25.8 Å². The molecule has 3 saturated carbocycles. The number of rotatable bonds is 3. The van der Waals surface area contributed by atoms with Crippen molar-refractivity contribution in [3.63, 3.8) is 0 Å². The van der Waals surface area contributed by atoms with E-state index in [1.165, 1.54) is 51.4 Å². The molecule has 1 heteroatoms. The first-order valence-corrected chi connectivity index (χ1v) is 11.9. The minimum atomic E-state index is 0. The second-order valence-corrected chi connectivity index (χ2v) is 10.3. The van der Waals surface area contributed by atoms with Crippen LogP contribution in [0.5, 0.6) is 0 Å². The van der Waals surface area contributed by atoms with E-state index in [9.17, 15) is 0 Å². The maximum absolute atomic E-state index is 2.68. The van der Waals surface area contributed by atoms with Crippen LogP contribution in [0.2, 0.25) is 0 Å². The molecule has 3 unspecified atom stereocenters. The van der Waals surface area contributed by atoms with Crippen LogP contribution < -0.4 is 0 Å². The van der Waals surface area contributed by atoms with Gasteiger partial charge in [0.05, 0.1) is 0 Å². The van der Waals surface area contributed by atoms with Crippen molar-refractivity contribution in [2.24, 2.45) is 47.3 Å². The smallest absolute Gasteiger partial charge is 0.358 e. The van der Waals surface area contributed by atoms with E-state index in [0.717, 1.165) is 47.3 Å². The zero-order chi connectivity index (χ0) is 18.8. The molecule has 0 aliphatic heterocycles. The minimum absolute atomic E-state index is 0. The Labute approximate surface area is 218 Å². The first kappa shape index (κ1) is 35.9. The molecule has 4 aliphatic carbocycles. The molecule has 4 aliphatic rings. The van der Waals surface area contributed by atoms with Crippen LogP contribution in [0.15, 0.2) is 23.3 Å². The molecule has 0 aromatic heterocycles. The molecule has 31 heavy (non-hydrogen) atoms. The van der Waals surface area contributed by atoms with Crippen LogP contribution in [0.3, 0.4) is 0 Å². The fraction of sp³-hybridized carbons (Fsp3) is 0.733. The Morgan fingerprint density at radius 1 is 0.710 bits per heavy atom. The summed E-state index contributed by atoms with van der Waals surface area (Å²) in [6.07, 6.45) is 16.7. The largest absolute Gasteiger partial charge is 4.00 e. The van der Waals surface area contributed by atoms with Gasteiger partial charge in [-0.3, -0.25) is 0 Å². The minimum Gasteiger partial charge on any atom is -0.358 e. The van der Waals surface area contributed by atoms with Gasteiger partial charge in [0.1, 0.15) is 0 Å². The van der Waals surface area contributed by atoms with Crippen LogP contribution in [0.1, 0.15) is 92.9 Å². The van der Waals surface area contributed by atoms with E-state index in [1.807, 2.05) is 0 Å². The van der Waals surface area contributed by atoms with Gasteiger partial charge in [0.15, 0.2) is 0 Å². The summed E-state index contributed by atoms with van der Waals surface area (Å²) >= 11 is 0. The van der Waals surface area contributed by atoms with Gasteiger partial charge in [0, 0.05) is 0 Å². The van der Waals surface area contributed by atoms with Crippen LogP contribution in [-0.4, -0.2) is 0 Å². The normalized spacial score (nSPS) is 36.8. The summed E-state index contributed by atoms with van der Waals surface area (Å²) < 4.78 is 0. The van der Waals surface area contributed by atoms with Gasteiger partial charge in [-0.15, -0.1) is 0 Å². The summed E-state index contributed by atoms with van der Waals surface area (Å²) in [6, 6.07) is 0. The average Bonchev–Trinajstić information content (AvgIpc) is 3.31. The molecule has 0 N–H and O–H groups in total. The Morgan fingerprint density at radius 3 is 1.61 bits per heavy atom. The first-order valence-electron chi connectivity index (χ1n) is 11.9. The van der Waals surface area contributed by atoms with Crippen LogP contribution >= 0.6 is 0 Å². The Balaban J connectivity index is -0.000000469. The van der Waals surface area contributed by atoms with Crippen molar-refractivity contribution in [3.05, 3.63) is 53.0 Å². The van der Waals surface area contributed by atoms with Crippen LogP contribution in [0, 0.1) is 77.0 Å². The Morgan fingerprint density at radius 2 is 1.16 bits per heavy atom. The maximum Gasteiger partial charge on any atom is 4.00 e. The number of unbranched alkanes of at least 4 members (excludes halogenated alkanes) is 1. The quantitative estimate of drug-likeness (QED) is 0.225. The predicted octanol–water partition coefficient (Wildman–Crippen LogP) is 9.85. The summed E-state index contributed by atoms with van der Waals surface area (Å²) in [4.78, 5) is 0. The summed E-state index contributed by atoms with van der Waals surface area (Å²) in [6.45, 7) is 14.3. The Bertz CT molecular complexity index is 486. The van der Waals surface area contributed by atoms with Gasteiger partial charge in [-0.2, -0.15) is 0 Å². The zero-order valence-corrected chi connectivity index (χ0v) is 26.5. The molecular weight excluding hydrogens is 539 g/mol. The first-order chi connectivity index (χ1) is 12.4. The summed E-state index contributed by atoms with van der Waals surface area (Å²) in [5.74, 6) is 7.52. The predicted molar refractivity (Wildman–Crippen MR) is 141 cm³/mol. The fourth-order valence-electron chi connectivity index (χ4n) is 6.45. The van der Waals surface area contributed by atoms with Crippen molar-refractivity contribution in [3.8, 4) is 0 Å². The Hall–Kier alpha value is 0.350. The number of allylic oxidation sites excluding steroid dienone is 4. The number of fused-ring (bicyclic) bond motifs is 2. The summed E-state index contributed by atoms with van der Waals surface area (Å²) in [5.41, 5.74) is 3.45. The van der Waals surface area contributed by atoms with E-state index in [0.29, 0.717) is 0 Å². The molecule has 4 rings (SSSR count). The standard InChI is InChI=1S/C16H24.C10H20.4CH3.Hf/c1-2-3-5-12-8-9-15-10-13-6-4-7-14(13)11-16(12)15;1-6-7(2)9(4)10(5)8(6)3;;;;;/h10-12,15-16H,2-9H2,1H3;6-10H,1-5H3;4*1H3;/q;;4*-1;+4. The second kappa shape index (κ2) is 16.1. The molecule has 0 aromatic rings. The maximum atomic E-state index is 2.68. The molecule has 0 heterocycles. The van der Waals surface area contributed by atoms with Crippen molar-refractivity contribution in [2.75, 3.05) is 0 Å². The SMILES string of the molecule is CC1C(C)C(C)C(C)C1C.CCCCC1CCC2C=C3CCCC3=CC21.[CH3-].[CH3-].[CH3-].[CH3-].[Hf+4]. The van der Waals surface area contributed by atoms with E-state index in [-0.39, 0.29) is 55.5 Å². The van der Waals surface area contributed by atoms with Gasteiger partial charge >= 0.3 is 25.8 Å². The van der Waals surface area contributed by atoms with E-state index >= 15 is 0 Å². The molecule has 3 atom stereocenters. The molecule has 0 saturated heterocycles. The monoisotopic (exact) mass is 596 g/mol. The number of hydrogen-bond acceptors (Lipinski definition) is 0. The topological polar surface area (TPSA) is 0 Å². The van der Waals surface area contributed by atoms with Crippen molar-refractivity contribution in [2.45, 2.75) is 92.9 Å². The van der Waals surface area contributed by atoms with Crippen LogP contribution in [0.4, 0.5) is 0 Å². The van der Waals surface area contributed by atoms with Gasteiger partial charge in [-0.25, -0.2) is 0 Å². The number of hydrogen-bond donors (Lipinski definition) is 0. The molecule has 0 amide bonds. The molecule has 0 aromatic carbocycles. The Kier molecular flexibility index (Phi) is 18.6. The molecular formula is C30H56Hf. The summed E-state index contributed by atoms with van der Waals surface area (Å²) in [5, 5.41) is 0. The van der Waals surface area contributed by atoms with Crippen molar-refractivity contribution >= 4 is 0 Å². The zero-order valence-electron chi connectivity index (χ0n) is 22.9. The van der Waals surface area contributed by atoms with Crippen molar-refractivity contribution in [1.29, 1.82) is 0 Å². The van der Waals surface area contributed by atoms with E-state index in [1.54, 1.807) is 11.1 Å². The fourth-order valence-corrected chi connectivity index (χ4v) is 6.45. The van der Waals surface area contributed by atoms with Gasteiger partial charge in [0.25, 0.3) is 0 Å². The third kappa shape index (κ3) is 7.96. The van der Waals surface area contributed by atoms with E-state index in [4.69, 9.17) is 0 Å². The molecule has 180 valence electrons. The molecule has 0 spiro atoms. The van der Waals surface area contributed by atoms with Crippen molar-refractivity contribution in [1.82, 2.24) is 0 Å². The average molecular weight is 595 g/mol. The van der Waals surface area contributed by atoms with Gasteiger partial charge in [-0.1, -0.05) is 66.5 Å². The summed E-state index contributed by atoms with van der Waals surface area (Å²) in [7, 11) is 0. The van der Waals surface area contributed by atoms with Crippen LogP contribution in [0.25, 0.3) is 0 Å².